The van der Waals surface area contributed by atoms with Crippen LogP contribution in [0.25, 0.3) is 21.7 Å². The molecule has 1 N–H and O–H groups in total. The van der Waals surface area contributed by atoms with Crippen molar-refractivity contribution >= 4 is 43.4 Å². The smallest absolute Gasteiger partial charge is 0.240 e. The minimum atomic E-state index is -3.57. The van der Waals surface area contributed by atoms with E-state index in [9.17, 15) is 12.8 Å². The van der Waals surface area contributed by atoms with Gasteiger partial charge in [-0.1, -0.05) is 28.9 Å². The predicted molar refractivity (Wildman–Crippen MR) is 136 cm³/mol. The fraction of sp³-hybridized carbons (Fsp3) is 0.346. The van der Waals surface area contributed by atoms with Crippen LogP contribution in [0.3, 0.4) is 0 Å². The maximum Gasteiger partial charge on any atom is 0.240 e. The summed E-state index contributed by atoms with van der Waals surface area (Å²) in [7, 11) is -3.57. The Labute approximate surface area is 209 Å². The third-order valence-electron chi connectivity index (χ3n) is 6.71. The molecule has 1 aliphatic rings. The van der Waals surface area contributed by atoms with Crippen molar-refractivity contribution in [3.63, 3.8) is 0 Å². The van der Waals surface area contributed by atoms with Crippen molar-refractivity contribution in [2.75, 3.05) is 26.2 Å². The number of hydrogen-bond donors (Lipinski definition) is 1. The minimum absolute atomic E-state index is 0.248. The maximum absolute atomic E-state index is 13.4. The molecule has 1 aliphatic heterocycles. The molecule has 1 aromatic heterocycles. The second-order valence-electron chi connectivity index (χ2n) is 9.08. The molecule has 0 spiro atoms. The quantitative estimate of drug-likeness (QED) is 0.304. The highest BCUT2D eigenvalue weighted by Crippen LogP contribution is 2.32. The zero-order chi connectivity index (χ0) is 24.4. The standard InChI is InChI=1S/C26H27ClFN3O3S/c27-21-5-3-18-4-7-23(16-20(18)15-21)35(32,33)29-11-1-2-12-31-13-9-19(10-14-31)26-24-8-6-22(28)17-25(24)34-30-26/h3-8,15-17,19,29H,1-2,9-14H2. The Morgan fingerprint density at radius 2 is 1.83 bits per heavy atom. The molecule has 0 saturated carbocycles. The third-order valence-corrected chi connectivity index (χ3v) is 8.41. The van der Waals surface area contributed by atoms with Crippen LogP contribution in [0.5, 0.6) is 0 Å². The van der Waals surface area contributed by atoms with Crippen molar-refractivity contribution in [1.82, 2.24) is 14.8 Å². The van der Waals surface area contributed by atoms with Gasteiger partial charge in [-0.3, -0.25) is 0 Å². The van der Waals surface area contributed by atoms with Crippen LogP contribution in [-0.4, -0.2) is 44.7 Å². The first-order valence-corrected chi connectivity index (χ1v) is 13.7. The average molecular weight is 516 g/mol. The molecule has 1 fully saturated rings. The molecule has 6 nitrogen and oxygen atoms in total. The van der Waals surface area contributed by atoms with Gasteiger partial charge >= 0.3 is 0 Å². The van der Waals surface area contributed by atoms with Crippen molar-refractivity contribution < 1.29 is 17.3 Å². The van der Waals surface area contributed by atoms with Gasteiger partial charge in [0.15, 0.2) is 5.58 Å². The van der Waals surface area contributed by atoms with E-state index in [4.69, 9.17) is 16.1 Å². The highest BCUT2D eigenvalue weighted by molar-refractivity contribution is 7.89. The lowest BCUT2D eigenvalue weighted by molar-refractivity contribution is 0.206. The summed E-state index contributed by atoms with van der Waals surface area (Å²) < 4.78 is 46.8. The number of unbranched alkanes of at least 4 members (excludes halogenated alkanes) is 1. The third kappa shape index (κ3) is 5.51. The lowest BCUT2D eigenvalue weighted by Crippen LogP contribution is -2.34. The predicted octanol–water partition coefficient (Wildman–Crippen LogP) is 5.71. The number of likely N-dealkylation sites (tertiary alicyclic amines) is 1. The summed E-state index contributed by atoms with van der Waals surface area (Å²) in [4.78, 5) is 2.65. The van der Waals surface area contributed by atoms with Crippen molar-refractivity contribution in [2.45, 2.75) is 36.5 Å². The summed E-state index contributed by atoms with van der Waals surface area (Å²) in [6.45, 7) is 3.22. The van der Waals surface area contributed by atoms with E-state index in [1.807, 2.05) is 6.07 Å². The number of halogens is 2. The summed E-state index contributed by atoms with van der Waals surface area (Å²) in [6, 6.07) is 15.1. The molecule has 0 amide bonds. The average Bonchev–Trinajstić information content (AvgIpc) is 3.26. The number of piperidine rings is 1. The van der Waals surface area contributed by atoms with Crippen LogP contribution in [0.2, 0.25) is 5.02 Å². The molecule has 3 aromatic carbocycles. The molecule has 0 aliphatic carbocycles. The summed E-state index contributed by atoms with van der Waals surface area (Å²) in [5, 5.41) is 7.43. The Kier molecular flexibility index (Phi) is 7.07. The van der Waals surface area contributed by atoms with E-state index in [2.05, 4.69) is 14.8 Å². The molecule has 0 unspecified atom stereocenters. The van der Waals surface area contributed by atoms with Gasteiger partial charge in [-0.2, -0.15) is 0 Å². The molecule has 35 heavy (non-hydrogen) atoms. The fourth-order valence-electron chi connectivity index (χ4n) is 4.77. The van der Waals surface area contributed by atoms with Gasteiger partial charge in [0.25, 0.3) is 0 Å². The molecule has 9 heteroatoms. The van der Waals surface area contributed by atoms with E-state index < -0.39 is 10.0 Å². The van der Waals surface area contributed by atoms with Gasteiger partial charge in [0.05, 0.1) is 10.6 Å². The highest BCUT2D eigenvalue weighted by Gasteiger charge is 2.25. The second kappa shape index (κ2) is 10.2. The summed E-state index contributed by atoms with van der Waals surface area (Å²) in [5.41, 5.74) is 1.42. The fourth-order valence-corrected chi connectivity index (χ4v) is 6.06. The van der Waals surface area contributed by atoms with Crippen molar-refractivity contribution in [3.05, 3.63) is 71.1 Å². The molecule has 4 aromatic rings. The van der Waals surface area contributed by atoms with Crippen molar-refractivity contribution in [2.24, 2.45) is 0 Å². The Morgan fingerprint density at radius 1 is 1.03 bits per heavy atom. The number of nitrogens with zero attached hydrogens (tertiary/aromatic N) is 2. The van der Waals surface area contributed by atoms with Gasteiger partial charge in [0.1, 0.15) is 5.82 Å². The lowest BCUT2D eigenvalue weighted by Gasteiger charge is -2.31. The lowest BCUT2D eigenvalue weighted by atomic mass is 9.91. The number of aromatic nitrogens is 1. The zero-order valence-electron chi connectivity index (χ0n) is 19.2. The van der Waals surface area contributed by atoms with Gasteiger partial charge in [0, 0.05) is 28.9 Å². The summed E-state index contributed by atoms with van der Waals surface area (Å²) in [6.07, 6.45) is 3.61. The highest BCUT2D eigenvalue weighted by atomic mass is 35.5. The molecule has 5 rings (SSSR count). The normalized spacial score (nSPS) is 15.8. The molecule has 0 atom stereocenters. The zero-order valence-corrected chi connectivity index (χ0v) is 20.8. The van der Waals surface area contributed by atoms with E-state index >= 15 is 0 Å². The largest absolute Gasteiger partial charge is 0.356 e. The SMILES string of the molecule is O=S(=O)(NCCCCN1CCC(c2noc3cc(F)ccc23)CC1)c1ccc2ccc(Cl)cc2c1. The Morgan fingerprint density at radius 3 is 2.66 bits per heavy atom. The number of nitrogens with one attached hydrogen (secondary N) is 1. The van der Waals surface area contributed by atoms with E-state index in [1.165, 1.54) is 12.1 Å². The Hall–Kier alpha value is -2.52. The van der Waals surface area contributed by atoms with E-state index in [1.54, 1.807) is 36.4 Å². The number of hydrogen-bond acceptors (Lipinski definition) is 5. The van der Waals surface area contributed by atoms with Crippen LogP contribution >= 0.6 is 11.6 Å². The molecule has 1 saturated heterocycles. The molecule has 2 heterocycles. The van der Waals surface area contributed by atoms with Crippen LogP contribution in [0.4, 0.5) is 4.39 Å². The van der Waals surface area contributed by atoms with Crippen LogP contribution in [0.15, 0.2) is 64.0 Å². The molecule has 0 bridgehead atoms. The Balaban J connectivity index is 1.07. The topological polar surface area (TPSA) is 75.4 Å². The number of rotatable bonds is 8. The van der Waals surface area contributed by atoms with E-state index in [0.717, 1.165) is 67.2 Å². The van der Waals surface area contributed by atoms with Gasteiger partial charge in [0.2, 0.25) is 10.0 Å². The second-order valence-corrected chi connectivity index (χ2v) is 11.3. The monoisotopic (exact) mass is 515 g/mol. The Bertz CT molecular complexity index is 1450. The van der Waals surface area contributed by atoms with E-state index in [0.29, 0.717) is 23.1 Å². The van der Waals surface area contributed by atoms with Gasteiger partial charge in [-0.05, 0) is 92.5 Å². The van der Waals surface area contributed by atoms with Crippen LogP contribution < -0.4 is 4.72 Å². The molecule has 184 valence electrons. The molecular formula is C26H27ClFN3O3S. The van der Waals surface area contributed by atoms with Crippen LogP contribution in [0, 0.1) is 5.82 Å². The number of fused-ring (bicyclic) bond motifs is 2. The molecular weight excluding hydrogens is 489 g/mol. The van der Waals surface area contributed by atoms with Gasteiger partial charge < -0.3 is 9.42 Å². The minimum Gasteiger partial charge on any atom is -0.356 e. The first-order chi connectivity index (χ1) is 16.9. The first-order valence-electron chi connectivity index (χ1n) is 11.9. The van der Waals surface area contributed by atoms with Gasteiger partial charge in [-0.15, -0.1) is 0 Å². The maximum atomic E-state index is 13.4. The van der Waals surface area contributed by atoms with E-state index in [-0.39, 0.29) is 10.7 Å². The van der Waals surface area contributed by atoms with Crippen molar-refractivity contribution in [1.29, 1.82) is 0 Å². The summed E-state index contributed by atoms with van der Waals surface area (Å²) >= 11 is 6.04. The van der Waals surface area contributed by atoms with Crippen molar-refractivity contribution in [3.8, 4) is 0 Å². The number of sulfonamides is 1. The van der Waals surface area contributed by atoms with Gasteiger partial charge in [-0.25, -0.2) is 17.5 Å². The van der Waals surface area contributed by atoms with Crippen LogP contribution in [-0.2, 0) is 10.0 Å². The van der Waals surface area contributed by atoms with Crippen LogP contribution in [0.1, 0.15) is 37.3 Å². The number of benzene rings is 3. The first kappa shape index (κ1) is 24.2. The summed E-state index contributed by atoms with van der Waals surface area (Å²) in [5.74, 6) is -0.0129. The molecule has 0 radical (unpaired) electrons.